The average molecular weight is 453 g/mol. The number of hydrogen-bond acceptors (Lipinski definition) is 5. The normalized spacial score (nSPS) is 24.9. The monoisotopic (exact) mass is 452 g/mol. The Morgan fingerprint density at radius 1 is 1.43 bits per heavy atom. The topological polar surface area (TPSA) is 99.1 Å². The minimum atomic E-state index is -2.71. The maximum Gasteiger partial charge on any atom is 0.414 e. The molecule has 2 amide bonds. The lowest BCUT2D eigenvalue weighted by atomic mass is 9.95. The van der Waals surface area contributed by atoms with Gasteiger partial charge in [0.1, 0.15) is 11.9 Å². The Balaban J connectivity index is 1.67. The van der Waals surface area contributed by atoms with Crippen molar-refractivity contribution in [2.24, 2.45) is 0 Å². The van der Waals surface area contributed by atoms with E-state index in [1.165, 1.54) is 16.4 Å². The number of benzene rings is 1. The highest BCUT2D eigenvalue weighted by atomic mass is 35.5. The standard InChI is InChI=1S/C17H19Cl2FN2O5S/c18-15(19)16(23)21-8-12-9-22(17(24)27-12)11-1-2-13(14(20)7-11)10-3-5-28(25,26)6-4-10/h1-3,5,7,10,12,15,25-26H,4,6,8-9H2,(H,21,23)/t10?,12-/m0/s1. The lowest BCUT2D eigenvalue weighted by molar-refractivity contribution is -0.119. The van der Waals surface area contributed by atoms with Crippen LogP contribution in [0.2, 0.25) is 0 Å². The summed E-state index contributed by atoms with van der Waals surface area (Å²) in [6.45, 7) is 0.175. The van der Waals surface area contributed by atoms with E-state index in [0.717, 1.165) is 0 Å². The van der Waals surface area contributed by atoms with E-state index < -0.39 is 39.3 Å². The number of ether oxygens (including phenoxy) is 1. The predicted molar refractivity (Wildman–Crippen MR) is 107 cm³/mol. The van der Waals surface area contributed by atoms with Gasteiger partial charge in [0.25, 0.3) is 5.91 Å². The zero-order chi connectivity index (χ0) is 20.5. The Bertz CT molecular complexity index is 808. The summed E-state index contributed by atoms with van der Waals surface area (Å²) in [6, 6.07) is 4.42. The fourth-order valence-electron chi connectivity index (χ4n) is 3.06. The number of nitrogens with one attached hydrogen (secondary N) is 1. The highest BCUT2D eigenvalue weighted by Gasteiger charge is 2.33. The van der Waals surface area contributed by atoms with Gasteiger partial charge in [-0.2, -0.15) is 10.6 Å². The van der Waals surface area contributed by atoms with Crippen LogP contribution in [-0.4, -0.2) is 50.9 Å². The largest absolute Gasteiger partial charge is 0.442 e. The molecule has 1 unspecified atom stereocenters. The summed E-state index contributed by atoms with van der Waals surface area (Å²) in [5.74, 6) is -1.17. The minimum absolute atomic E-state index is 0.0385. The van der Waals surface area contributed by atoms with Crippen molar-refractivity contribution in [1.29, 1.82) is 0 Å². The number of allylic oxidation sites excluding steroid dienone is 1. The highest BCUT2D eigenvalue weighted by Crippen LogP contribution is 2.47. The molecule has 3 rings (SSSR count). The number of cyclic esters (lactones) is 1. The number of alkyl halides is 2. The van der Waals surface area contributed by atoms with Crippen molar-refractivity contribution in [3.05, 3.63) is 41.1 Å². The lowest BCUT2D eigenvalue weighted by Gasteiger charge is -2.34. The molecule has 1 saturated heterocycles. The molecule has 0 spiro atoms. The number of anilines is 1. The van der Waals surface area contributed by atoms with Gasteiger partial charge in [0.05, 0.1) is 18.8 Å². The molecule has 0 aromatic heterocycles. The first-order valence-corrected chi connectivity index (χ1v) is 11.1. The zero-order valence-electron chi connectivity index (χ0n) is 14.6. The fraction of sp³-hybridized carbons (Fsp3) is 0.412. The molecule has 1 fully saturated rings. The zero-order valence-corrected chi connectivity index (χ0v) is 16.9. The summed E-state index contributed by atoms with van der Waals surface area (Å²) < 4.78 is 39.0. The van der Waals surface area contributed by atoms with Crippen molar-refractivity contribution in [2.45, 2.75) is 23.3 Å². The first-order valence-electron chi connectivity index (χ1n) is 8.44. The van der Waals surface area contributed by atoms with Crippen LogP contribution >= 0.6 is 33.8 Å². The number of nitrogens with zero attached hydrogens (tertiary/aromatic N) is 1. The van der Waals surface area contributed by atoms with Crippen LogP contribution in [0.3, 0.4) is 0 Å². The quantitative estimate of drug-likeness (QED) is 0.589. The smallest absolute Gasteiger partial charge is 0.414 e. The first kappa shape index (κ1) is 21.2. The second kappa shape index (κ2) is 8.46. The van der Waals surface area contributed by atoms with Gasteiger partial charge in [0.15, 0.2) is 4.84 Å². The molecule has 2 heterocycles. The molecular weight excluding hydrogens is 434 g/mol. The Morgan fingerprint density at radius 2 is 2.18 bits per heavy atom. The molecule has 1 aromatic rings. The van der Waals surface area contributed by atoms with Gasteiger partial charge in [-0.05, 0) is 24.1 Å². The van der Waals surface area contributed by atoms with Crippen LogP contribution in [0.1, 0.15) is 17.9 Å². The molecule has 154 valence electrons. The van der Waals surface area contributed by atoms with Gasteiger partial charge in [-0.15, -0.1) is 0 Å². The summed E-state index contributed by atoms with van der Waals surface area (Å²) >= 11 is 10.9. The molecule has 28 heavy (non-hydrogen) atoms. The molecule has 11 heteroatoms. The molecule has 2 aliphatic rings. The molecule has 0 bridgehead atoms. The van der Waals surface area contributed by atoms with Crippen LogP contribution in [0.15, 0.2) is 29.7 Å². The van der Waals surface area contributed by atoms with Crippen LogP contribution in [0.5, 0.6) is 0 Å². The van der Waals surface area contributed by atoms with E-state index in [9.17, 15) is 23.1 Å². The molecule has 2 aliphatic heterocycles. The molecule has 0 radical (unpaired) electrons. The van der Waals surface area contributed by atoms with Crippen LogP contribution in [0, 0.1) is 5.82 Å². The van der Waals surface area contributed by atoms with Crippen molar-refractivity contribution in [3.63, 3.8) is 0 Å². The highest BCUT2D eigenvalue weighted by molar-refractivity contribution is 8.26. The van der Waals surface area contributed by atoms with E-state index in [0.29, 0.717) is 17.7 Å². The van der Waals surface area contributed by atoms with Crippen molar-refractivity contribution < 1.29 is 27.8 Å². The predicted octanol–water partition coefficient (Wildman–Crippen LogP) is 3.82. The molecule has 0 aliphatic carbocycles. The van der Waals surface area contributed by atoms with Gasteiger partial charge >= 0.3 is 6.09 Å². The van der Waals surface area contributed by atoms with Gasteiger partial charge in [0.2, 0.25) is 0 Å². The SMILES string of the molecule is O=C(NC[C@H]1CN(c2ccc(C3C=CS(O)(O)CC3)c(F)c2)C(=O)O1)C(Cl)Cl. The van der Waals surface area contributed by atoms with Crippen molar-refractivity contribution >= 4 is 51.5 Å². The number of amides is 2. The van der Waals surface area contributed by atoms with Gasteiger partial charge in [-0.3, -0.25) is 18.8 Å². The minimum Gasteiger partial charge on any atom is -0.442 e. The van der Waals surface area contributed by atoms with Crippen LogP contribution in [-0.2, 0) is 9.53 Å². The Labute approximate surface area is 172 Å². The number of halogens is 3. The summed E-state index contributed by atoms with van der Waals surface area (Å²) in [4.78, 5) is 23.5. The molecule has 2 atom stereocenters. The molecule has 1 aromatic carbocycles. The third kappa shape index (κ3) is 4.90. The van der Waals surface area contributed by atoms with E-state index in [-0.39, 0.29) is 24.8 Å². The first-order chi connectivity index (χ1) is 13.2. The van der Waals surface area contributed by atoms with Crippen LogP contribution < -0.4 is 10.2 Å². The number of carbonyl (C=O) groups excluding carboxylic acids is 2. The third-order valence-corrected chi connectivity index (χ3v) is 6.36. The summed E-state index contributed by atoms with van der Waals surface area (Å²) in [5, 5.41) is 3.79. The fourth-order valence-corrected chi connectivity index (χ4v) is 4.39. The Morgan fingerprint density at radius 3 is 2.79 bits per heavy atom. The number of hydrogen-bond donors (Lipinski definition) is 3. The third-order valence-electron chi connectivity index (χ3n) is 4.53. The summed E-state index contributed by atoms with van der Waals surface area (Å²) in [6.07, 6.45) is 0.759. The van der Waals surface area contributed by atoms with Crippen LogP contribution in [0.4, 0.5) is 14.9 Å². The van der Waals surface area contributed by atoms with Gasteiger partial charge < -0.3 is 10.1 Å². The number of carbonyl (C=O) groups is 2. The second-order valence-corrected chi connectivity index (χ2v) is 9.72. The van der Waals surface area contributed by atoms with Gasteiger partial charge in [-0.1, -0.05) is 35.3 Å². The Kier molecular flexibility index (Phi) is 6.41. The molecule has 7 nitrogen and oxygen atoms in total. The lowest BCUT2D eigenvalue weighted by Crippen LogP contribution is -2.37. The Hall–Kier alpha value is -1.52. The van der Waals surface area contributed by atoms with Crippen molar-refractivity contribution in [2.75, 3.05) is 23.7 Å². The van der Waals surface area contributed by atoms with E-state index in [1.807, 2.05) is 0 Å². The van der Waals surface area contributed by atoms with E-state index >= 15 is 0 Å². The van der Waals surface area contributed by atoms with E-state index in [2.05, 4.69) is 5.32 Å². The molecule has 3 N–H and O–H groups in total. The molecular formula is C17H19Cl2FN2O5S. The van der Waals surface area contributed by atoms with Crippen molar-refractivity contribution in [3.8, 4) is 0 Å². The van der Waals surface area contributed by atoms with E-state index in [4.69, 9.17) is 27.9 Å². The summed E-state index contributed by atoms with van der Waals surface area (Å²) in [7, 11) is -2.71. The van der Waals surface area contributed by atoms with Crippen molar-refractivity contribution in [1.82, 2.24) is 5.32 Å². The van der Waals surface area contributed by atoms with Gasteiger partial charge in [0, 0.05) is 17.1 Å². The maximum atomic E-state index is 14.6. The summed E-state index contributed by atoms with van der Waals surface area (Å²) in [5.41, 5.74) is 0.748. The van der Waals surface area contributed by atoms with Crippen LogP contribution in [0.25, 0.3) is 0 Å². The average Bonchev–Trinajstić information content (AvgIpc) is 3.00. The van der Waals surface area contributed by atoms with Gasteiger partial charge in [-0.25, -0.2) is 9.18 Å². The second-order valence-electron chi connectivity index (χ2n) is 6.51. The number of rotatable bonds is 5. The molecule has 0 saturated carbocycles. The van der Waals surface area contributed by atoms with E-state index in [1.54, 1.807) is 18.2 Å². The maximum absolute atomic E-state index is 14.6.